The lowest BCUT2D eigenvalue weighted by Gasteiger charge is -2.29. The molecule has 1 saturated heterocycles. The molecular formula is C26H28N4O4S. The second-order valence-corrected chi connectivity index (χ2v) is 9.71. The maximum atomic E-state index is 13.7. The Bertz CT molecular complexity index is 1180. The number of rotatable bonds is 10. The molecule has 8 nitrogen and oxygen atoms in total. The van der Waals surface area contributed by atoms with Crippen LogP contribution in [-0.2, 0) is 26.3 Å². The Hall–Kier alpha value is -3.59. The molecular weight excluding hydrogens is 464 g/mol. The smallest absolute Gasteiger partial charge is 0.240 e. The molecule has 0 spiro atoms. The van der Waals surface area contributed by atoms with E-state index in [0.29, 0.717) is 30.9 Å². The number of aryl methyl sites for hydroxylation is 1. The number of carbonyl (C=O) groups excluding carboxylic acids is 3. The number of amides is 3. The molecule has 1 atom stereocenters. The van der Waals surface area contributed by atoms with Crippen LogP contribution >= 0.6 is 11.3 Å². The Labute approximate surface area is 208 Å². The van der Waals surface area contributed by atoms with Crippen molar-refractivity contribution in [3.8, 4) is 5.75 Å². The zero-order valence-electron chi connectivity index (χ0n) is 19.8. The zero-order chi connectivity index (χ0) is 24.8. The molecule has 1 fully saturated rings. The first-order valence-electron chi connectivity index (χ1n) is 11.5. The summed E-state index contributed by atoms with van der Waals surface area (Å²) in [5.74, 6) is -0.177. The molecule has 0 radical (unpaired) electrons. The van der Waals surface area contributed by atoms with Gasteiger partial charge in [0.15, 0.2) is 0 Å². The SMILES string of the molecule is Cc1nc(CN(C)C(=O)CC2(c3ccccc3)CC(=O)N(CCCOc3cccnc3)C2=O)cs1. The number of benzene rings is 1. The van der Waals surface area contributed by atoms with E-state index in [1.54, 1.807) is 36.5 Å². The van der Waals surface area contributed by atoms with Crippen LogP contribution in [0, 0.1) is 6.92 Å². The molecule has 9 heteroatoms. The summed E-state index contributed by atoms with van der Waals surface area (Å²) in [6.45, 7) is 2.84. The van der Waals surface area contributed by atoms with E-state index >= 15 is 0 Å². The number of nitrogens with zero attached hydrogens (tertiary/aromatic N) is 4. The van der Waals surface area contributed by atoms with Crippen molar-refractivity contribution in [2.24, 2.45) is 0 Å². The highest BCUT2D eigenvalue weighted by Crippen LogP contribution is 2.40. The van der Waals surface area contributed by atoms with Gasteiger partial charge in [-0.3, -0.25) is 24.3 Å². The van der Waals surface area contributed by atoms with Gasteiger partial charge in [0.25, 0.3) is 0 Å². The minimum atomic E-state index is -1.22. The van der Waals surface area contributed by atoms with E-state index in [2.05, 4.69) is 9.97 Å². The third kappa shape index (κ3) is 5.57. The van der Waals surface area contributed by atoms with Crippen LogP contribution in [0.25, 0.3) is 0 Å². The second kappa shape index (κ2) is 10.8. The van der Waals surface area contributed by atoms with Crippen LogP contribution in [0.4, 0.5) is 0 Å². The summed E-state index contributed by atoms with van der Waals surface area (Å²) in [5.41, 5.74) is 0.270. The van der Waals surface area contributed by atoms with Crippen LogP contribution in [0.1, 0.15) is 35.5 Å². The van der Waals surface area contributed by atoms with Crippen molar-refractivity contribution in [3.63, 3.8) is 0 Å². The monoisotopic (exact) mass is 492 g/mol. The van der Waals surface area contributed by atoms with E-state index in [0.717, 1.165) is 10.7 Å². The van der Waals surface area contributed by atoms with Crippen LogP contribution in [0.5, 0.6) is 5.75 Å². The Kier molecular flexibility index (Phi) is 7.55. The van der Waals surface area contributed by atoms with Gasteiger partial charge in [0.1, 0.15) is 5.75 Å². The predicted octanol–water partition coefficient (Wildman–Crippen LogP) is 3.36. The molecule has 2 aromatic heterocycles. The first-order valence-corrected chi connectivity index (χ1v) is 12.3. The van der Waals surface area contributed by atoms with Gasteiger partial charge in [-0.1, -0.05) is 30.3 Å². The highest BCUT2D eigenvalue weighted by Gasteiger charge is 2.53. The zero-order valence-corrected chi connectivity index (χ0v) is 20.7. The molecule has 3 aromatic rings. The first kappa shape index (κ1) is 24.5. The standard InChI is InChI=1S/C26H28N4O4S/c1-19-28-21(18-35-19)17-29(2)23(31)14-26(20-8-4-3-5-9-20)15-24(32)30(25(26)33)12-7-13-34-22-10-6-11-27-16-22/h3-6,8-11,16,18H,7,12-15,17H2,1-2H3. The Morgan fingerprint density at radius 1 is 1.20 bits per heavy atom. The summed E-state index contributed by atoms with van der Waals surface area (Å²) < 4.78 is 5.65. The average Bonchev–Trinajstić information content (AvgIpc) is 3.38. The molecule has 1 unspecified atom stereocenters. The Morgan fingerprint density at radius 3 is 2.69 bits per heavy atom. The van der Waals surface area contributed by atoms with E-state index in [1.807, 2.05) is 42.6 Å². The Morgan fingerprint density at radius 2 is 2.00 bits per heavy atom. The summed E-state index contributed by atoms with van der Waals surface area (Å²) in [7, 11) is 1.70. The molecule has 0 N–H and O–H groups in total. The lowest BCUT2D eigenvalue weighted by atomic mass is 9.75. The van der Waals surface area contributed by atoms with Crippen molar-refractivity contribution < 1.29 is 19.1 Å². The van der Waals surface area contributed by atoms with Crippen LogP contribution in [0.2, 0.25) is 0 Å². The van der Waals surface area contributed by atoms with Gasteiger partial charge in [-0.15, -0.1) is 11.3 Å². The van der Waals surface area contributed by atoms with Crippen molar-refractivity contribution in [3.05, 3.63) is 76.5 Å². The number of ether oxygens (including phenoxy) is 1. The number of thiazole rings is 1. The van der Waals surface area contributed by atoms with Gasteiger partial charge in [-0.05, 0) is 31.0 Å². The minimum Gasteiger partial charge on any atom is -0.492 e. The second-order valence-electron chi connectivity index (χ2n) is 8.65. The van der Waals surface area contributed by atoms with Crippen LogP contribution in [0.15, 0.2) is 60.2 Å². The normalized spacial score (nSPS) is 17.6. The Balaban J connectivity index is 1.47. The number of imide groups is 1. The van der Waals surface area contributed by atoms with Gasteiger partial charge in [0.05, 0.1) is 35.5 Å². The fraction of sp³-hybridized carbons (Fsp3) is 0.346. The van der Waals surface area contributed by atoms with Gasteiger partial charge >= 0.3 is 0 Å². The van der Waals surface area contributed by atoms with Gasteiger partial charge in [0.2, 0.25) is 17.7 Å². The van der Waals surface area contributed by atoms with Crippen LogP contribution in [-0.4, -0.2) is 57.7 Å². The topological polar surface area (TPSA) is 92.7 Å². The van der Waals surface area contributed by atoms with Crippen molar-refractivity contribution in [2.75, 3.05) is 20.2 Å². The third-order valence-electron chi connectivity index (χ3n) is 6.11. The highest BCUT2D eigenvalue weighted by atomic mass is 32.1. The fourth-order valence-electron chi connectivity index (χ4n) is 4.30. The van der Waals surface area contributed by atoms with E-state index in [9.17, 15) is 14.4 Å². The fourth-order valence-corrected chi connectivity index (χ4v) is 4.90. The number of pyridine rings is 1. The molecule has 3 heterocycles. The lowest BCUT2D eigenvalue weighted by molar-refractivity contribution is -0.142. The van der Waals surface area contributed by atoms with Gasteiger partial charge in [-0.2, -0.15) is 0 Å². The molecule has 1 aromatic carbocycles. The molecule has 3 amide bonds. The molecule has 1 aliphatic rings. The van der Waals surface area contributed by atoms with Crippen LogP contribution < -0.4 is 4.74 Å². The van der Waals surface area contributed by atoms with Crippen molar-refractivity contribution in [1.29, 1.82) is 0 Å². The largest absolute Gasteiger partial charge is 0.492 e. The van der Waals surface area contributed by atoms with Gasteiger partial charge in [0, 0.05) is 38.0 Å². The molecule has 0 saturated carbocycles. The van der Waals surface area contributed by atoms with E-state index in [4.69, 9.17) is 4.74 Å². The minimum absolute atomic E-state index is 0.0330. The molecule has 35 heavy (non-hydrogen) atoms. The highest BCUT2D eigenvalue weighted by molar-refractivity contribution is 7.09. The quantitative estimate of drug-likeness (QED) is 0.318. The van der Waals surface area contributed by atoms with Gasteiger partial charge in [-0.25, -0.2) is 4.98 Å². The molecule has 4 rings (SSSR count). The van der Waals surface area contributed by atoms with Crippen molar-refractivity contribution in [1.82, 2.24) is 19.8 Å². The summed E-state index contributed by atoms with van der Waals surface area (Å²) >= 11 is 1.53. The first-order chi connectivity index (χ1) is 16.9. The van der Waals surface area contributed by atoms with Crippen molar-refractivity contribution in [2.45, 2.75) is 38.1 Å². The summed E-state index contributed by atoms with van der Waals surface area (Å²) in [6.07, 6.45) is 3.64. The van der Waals surface area contributed by atoms with E-state index < -0.39 is 5.41 Å². The maximum absolute atomic E-state index is 13.7. The van der Waals surface area contributed by atoms with Crippen molar-refractivity contribution >= 4 is 29.1 Å². The molecule has 0 bridgehead atoms. The molecule has 0 aliphatic carbocycles. The van der Waals surface area contributed by atoms with E-state index in [1.165, 1.54) is 16.2 Å². The summed E-state index contributed by atoms with van der Waals surface area (Å²) in [6, 6.07) is 12.7. The number of hydrogen-bond acceptors (Lipinski definition) is 7. The lowest BCUT2D eigenvalue weighted by Crippen LogP contribution is -2.43. The number of carbonyl (C=O) groups is 3. The maximum Gasteiger partial charge on any atom is 0.240 e. The summed E-state index contributed by atoms with van der Waals surface area (Å²) in [4.78, 5) is 51.2. The van der Waals surface area contributed by atoms with E-state index in [-0.39, 0.29) is 37.1 Å². The van der Waals surface area contributed by atoms with Crippen LogP contribution in [0.3, 0.4) is 0 Å². The molecule has 182 valence electrons. The average molecular weight is 493 g/mol. The predicted molar refractivity (Wildman–Crippen MR) is 132 cm³/mol. The number of aromatic nitrogens is 2. The molecule has 1 aliphatic heterocycles. The van der Waals surface area contributed by atoms with Gasteiger partial charge < -0.3 is 9.64 Å². The summed E-state index contributed by atoms with van der Waals surface area (Å²) in [5, 5.41) is 2.85. The number of hydrogen-bond donors (Lipinski definition) is 0. The number of likely N-dealkylation sites (tertiary alicyclic amines) is 1. The third-order valence-corrected chi connectivity index (χ3v) is 6.93.